The van der Waals surface area contributed by atoms with Crippen LogP contribution in [0.4, 0.5) is 34.1 Å². The molecule has 0 spiro atoms. The third-order valence-corrected chi connectivity index (χ3v) is 18.3. The van der Waals surface area contributed by atoms with Gasteiger partial charge >= 0.3 is 0 Å². The normalized spacial score (nSPS) is 13.1. The van der Waals surface area contributed by atoms with Gasteiger partial charge < -0.3 is 19.3 Å². The van der Waals surface area contributed by atoms with Gasteiger partial charge in [-0.3, -0.25) is 0 Å². The number of anilines is 6. The summed E-state index contributed by atoms with van der Waals surface area (Å²) in [6.07, 6.45) is 6.91. The molecule has 0 N–H and O–H groups in total. The quantitative estimate of drug-likeness (QED) is 0.0893. The summed E-state index contributed by atoms with van der Waals surface area (Å²) >= 11 is 8.57. The van der Waals surface area contributed by atoms with E-state index < -0.39 is 0 Å². The van der Waals surface area contributed by atoms with Crippen LogP contribution in [0.3, 0.4) is 0 Å². The Labute approximate surface area is 459 Å². The minimum absolute atomic E-state index is 0.000618. The van der Waals surface area contributed by atoms with E-state index in [1.807, 2.05) is 23.5 Å². The molecule has 0 fully saturated rings. The van der Waals surface area contributed by atoms with Gasteiger partial charge in [-0.25, -0.2) is 0 Å². The van der Waals surface area contributed by atoms with Gasteiger partial charge in [0.2, 0.25) is 0 Å². The summed E-state index contributed by atoms with van der Waals surface area (Å²) < 4.78 is 16.4. The predicted octanol–water partition coefficient (Wildman–Crippen LogP) is 14.7. The summed E-state index contributed by atoms with van der Waals surface area (Å²) in [5.74, 6) is 3.65. The number of nitrogens with zero attached hydrogens (tertiary/aromatic N) is 2. The summed E-state index contributed by atoms with van der Waals surface area (Å²) in [7, 11) is 0. The van der Waals surface area contributed by atoms with E-state index in [1.54, 1.807) is 0 Å². The van der Waals surface area contributed by atoms with Crippen molar-refractivity contribution in [2.24, 2.45) is 0 Å². The fourth-order valence-electron chi connectivity index (χ4n) is 11.1. The molecule has 4 aliphatic rings. The molecule has 0 radical (unpaired) electrons. The van der Waals surface area contributed by atoms with Gasteiger partial charge in [0.15, 0.2) is 0 Å². The molecule has 0 unspecified atom stereocenters. The smallest absolute Gasteiger partial charge is 0.253 e. The van der Waals surface area contributed by atoms with Crippen molar-refractivity contribution in [3.8, 4) is 23.0 Å². The number of aryl methyl sites for hydroxylation is 2. The summed E-state index contributed by atoms with van der Waals surface area (Å²) in [6.45, 7) is 4.52. The highest BCUT2D eigenvalue weighted by Gasteiger charge is 2.44. The average Bonchev–Trinajstić information content (AvgIpc) is 3.41. The number of rotatable bonds is 12. The largest absolute Gasteiger partial charge is 0.458 e. The molecule has 350 valence electrons. The highest BCUT2D eigenvalue weighted by Crippen LogP contribution is 2.47. The van der Waals surface area contributed by atoms with Gasteiger partial charge in [-0.15, -0.1) is 0 Å². The van der Waals surface area contributed by atoms with Crippen molar-refractivity contribution < 1.29 is 9.47 Å². The van der Waals surface area contributed by atoms with Crippen LogP contribution < -0.4 is 52.1 Å². The maximum atomic E-state index is 7.01. The fraction of sp³-hybridized carbons (Fsp3) is 0.129. The zero-order chi connectivity index (χ0) is 48.5. The lowest BCUT2D eigenvalue weighted by atomic mass is 9.32. The lowest BCUT2D eigenvalue weighted by Crippen LogP contribution is -2.62. The Balaban J connectivity index is 0.956. The zero-order valence-electron chi connectivity index (χ0n) is 40.0. The second kappa shape index (κ2) is 19.4. The third kappa shape index (κ3) is 8.34. The molecule has 0 saturated carbocycles. The average molecular weight is 1190 g/mol. The third-order valence-electron chi connectivity index (χ3n) is 14.6. The van der Waals surface area contributed by atoms with E-state index in [1.165, 1.54) is 96.3 Å². The van der Waals surface area contributed by atoms with Gasteiger partial charge in [-0.2, -0.15) is 0 Å². The van der Waals surface area contributed by atoms with Crippen LogP contribution in [0.15, 0.2) is 202 Å². The Morgan fingerprint density at radius 3 is 1.18 bits per heavy atom. The summed E-state index contributed by atoms with van der Waals surface area (Å²) in [5.41, 5.74) is 16.9. The van der Waals surface area contributed by atoms with Crippen LogP contribution >= 0.6 is 68.7 Å². The van der Waals surface area contributed by atoms with Gasteiger partial charge in [0.1, 0.15) is 23.0 Å². The van der Waals surface area contributed by atoms with Crippen LogP contribution in [0, 0.1) is 7.14 Å². The van der Waals surface area contributed by atoms with Gasteiger partial charge in [-0.05, 0) is 207 Å². The van der Waals surface area contributed by atoms with Crippen molar-refractivity contribution in [1.29, 1.82) is 0 Å². The Morgan fingerprint density at radius 2 is 0.778 bits per heavy atom. The predicted molar refractivity (Wildman–Crippen MR) is 322 cm³/mol. The first kappa shape index (κ1) is 46.3. The molecule has 0 amide bonds. The zero-order valence-corrected chi connectivity index (χ0v) is 45.9. The molecule has 0 aromatic heterocycles. The van der Waals surface area contributed by atoms with Crippen LogP contribution in [0.2, 0.25) is 0 Å². The van der Waals surface area contributed by atoms with E-state index in [0.717, 1.165) is 70.0 Å². The Morgan fingerprint density at radius 1 is 0.389 bits per heavy atom. The minimum atomic E-state index is -0.000618. The summed E-state index contributed by atoms with van der Waals surface area (Å²) in [6, 6.07) is 67.8. The molecule has 72 heavy (non-hydrogen) atoms. The number of para-hydroxylation sites is 2. The molecule has 9 aromatic rings. The molecule has 13 rings (SSSR count). The van der Waals surface area contributed by atoms with Crippen LogP contribution in [-0.4, -0.2) is 13.4 Å². The first-order chi connectivity index (χ1) is 35.4. The van der Waals surface area contributed by atoms with Crippen LogP contribution in [-0.2, 0) is 12.8 Å². The van der Waals surface area contributed by atoms with Crippen LogP contribution in [0.25, 0.3) is 0 Å². The van der Waals surface area contributed by atoms with E-state index in [-0.39, 0.29) is 13.4 Å². The number of unbranched alkanes of at least 4 members (excludes halogenated alkanes) is 2. The van der Waals surface area contributed by atoms with Gasteiger partial charge in [0, 0.05) is 61.6 Å². The van der Waals surface area contributed by atoms with Crippen molar-refractivity contribution in [1.82, 2.24) is 0 Å². The monoisotopic (exact) mass is 1190 g/mol. The number of benzene rings is 9. The number of hydrogen-bond acceptors (Lipinski definition) is 6. The highest BCUT2D eigenvalue weighted by atomic mass is 127. The van der Waals surface area contributed by atoms with E-state index in [2.05, 4.69) is 251 Å². The van der Waals surface area contributed by atoms with Gasteiger partial charge in [-0.1, -0.05) is 128 Å². The van der Waals surface area contributed by atoms with E-state index in [9.17, 15) is 0 Å². The SMILES string of the molecule is CCCCc1ccc(N(c2ccc(I)cc2)c2cc3c4c(c2)Sc2cc5c(cc2B4c2ccccc2O3)B2c3ccccc3Oc3cc(N(c4ccc(I)cc4)c4ccc(CCCC)cc4)cc(c32)S5)cc1. The molecule has 9 aromatic carbocycles. The van der Waals surface area contributed by atoms with E-state index in [4.69, 9.17) is 9.47 Å². The molecule has 0 saturated heterocycles. The number of ether oxygens (including phenoxy) is 2. The second-order valence-electron chi connectivity index (χ2n) is 19.2. The Hall–Kier alpha value is -5.53. The summed E-state index contributed by atoms with van der Waals surface area (Å²) in [5, 5.41) is 0. The van der Waals surface area contributed by atoms with Crippen molar-refractivity contribution in [3.63, 3.8) is 0 Å². The number of halogens is 2. The molecule has 4 heterocycles. The highest BCUT2D eigenvalue weighted by molar-refractivity contribution is 14.1. The van der Waals surface area contributed by atoms with E-state index in [0.29, 0.717) is 0 Å². The second-order valence-corrected chi connectivity index (χ2v) is 23.8. The fourth-order valence-corrected chi connectivity index (χ4v) is 14.3. The lowest BCUT2D eigenvalue weighted by molar-refractivity contribution is 0.486. The van der Waals surface area contributed by atoms with Gasteiger partial charge in [0.25, 0.3) is 13.4 Å². The molecule has 4 nitrogen and oxygen atoms in total. The van der Waals surface area contributed by atoms with Crippen LogP contribution in [0.1, 0.15) is 50.7 Å². The first-order valence-corrected chi connectivity index (χ1v) is 28.9. The molecular weight excluding hydrogens is 1140 g/mol. The maximum Gasteiger partial charge on any atom is 0.253 e. The minimum Gasteiger partial charge on any atom is -0.458 e. The molecule has 10 heteroatoms. The Bertz CT molecular complexity index is 3330. The molecule has 0 bridgehead atoms. The molecule has 0 aliphatic carbocycles. The van der Waals surface area contributed by atoms with E-state index >= 15 is 0 Å². The molecule has 4 aliphatic heterocycles. The number of hydrogen-bond donors (Lipinski definition) is 0. The number of fused-ring (bicyclic) bond motifs is 8. The van der Waals surface area contributed by atoms with Crippen molar-refractivity contribution in [3.05, 3.63) is 200 Å². The van der Waals surface area contributed by atoms with Crippen LogP contribution in [0.5, 0.6) is 23.0 Å². The molecule has 0 atom stereocenters. The van der Waals surface area contributed by atoms with Crippen molar-refractivity contribution in [2.45, 2.75) is 72.0 Å². The lowest BCUT2D eigenvalue weighted by Gasteiger charge is -2.38. The van der Waals surface area contributed by atoms with Gasteiger partial charge in [0.05, 0.1) is 11.4 Å². The first-order valence-electron chi connectivity index (χ1n) is 25.1. The topological polar surface area (TPSA) is 24.9 Å². The standard InChI is InChI=1S/C62H48B2I2N2O2S2/c1-3-5-11-39-17-25-43(26-18-39)67(45-29-21-41(65)22-30-45)47-33-55-61-59(35-47)71-57-38-58-52(37-51(57)63(61)49-13-7-9-15-53(49)69-55)64-50-14-8-10-16-54(50)70-56-34-48(36-60(72-58)62(56)64)68(46-31-23-42(66)24-32-46)44-27-19-40(20-28-44)12-6-4-2/h7-10,13-38H,3-6,11-12H2,1-2H3. The molecular formula is C62H48B2I2N2O2S2. The maximum absolute atomic E-state index is 7.01. The van der Waals surface area contributed by atoms with Crippen molar-refractivity contribution >= 4 is 149 Å². The summed E-state index contributed by atoms with van der Waals surface area (Å²) in [4.78, 5) is 9.79. The Kier molecular flexibility index (Phi) is 12.5. The van der Waals surface area contributed by atoms with Crippen molar-refractivity contribution in [2.75, 3.05) is 9.80 Å².